The fraction of sp³-hybridized carbons (Fsp3) is 0.357. The van der Waals surface area contributed by atoms with E-state index in [1.807, 2.05) is 45.9 Å². The van der Waals surface area contributed by atoms with E-state index in [1.54, 1.807) is 4.68 Å². The van der Waals surface area contributed by atoms with Crippen molar-refractivity contribution in [2.75, 3.05) is 0 Å². The average molecular weight is 275 g/mol. The van der Waals surface area contributed by atoms with Gasteiger partial charge in [0.25, 0.3) is 0 Å². The highest BCUT2D eigenvalue weighted by atomic mass is 35.5. The van der Waals surface area contributed by atoms with Crippen LogP contribution in [0.25, 0.3) is 5.69 Å². The van der Waals surface area contributed by atoms with E-state index in [2.05, 4.69) is 16.4 Å². The molecule has 5 heteroatoms. The molecule has 0 saturated heterocycles. The lowest BCUT2D eigenvalue weighted by molar-refractivity contribution is 0.541. The lowest BCUT2D eigenvalue weighted by Crippen LogP contribution is -2.19. The molecule has 1 heterocycles. The molecular formula is C14H15ClN4. The van der Waals surface area contributed by atoms with Crippen molar-refractivity contribution in [1.82, 2.24) is 15.0 Å². The Kier molecular flexibility index (Phi) is 3.34. The number of benzene rings is 1. The van der Waals surface area contributed by atoms with Gasteiger partial charge in [-0.05, 0) is 24.6 Å². The highest BCUT2D eigenvalue weighted by Crippen LogP contribution is 2.28. The summed E-state index contributed by atoms with van der Waals surface area (Å²) in [6.45, 7) is 8.07. The quantitative estimate of drug-likeness (QED) is 0.801. The van der Waals surface area contributed by atoms with Gasteiger partial charge in [0.05, 0.1) is 11.4 Å². The van der Waals surface area contributed by atoms with Crippen LogP contribution < -0.4 is 0 Å². The maximum atomic E-state index is 9.17. The predicted octanol–water partition coefficient (Wildman–Crippen LogP) is 3.40. The molecule has 98 valence electrons. The molecule has 0 radical (unpaired) electrons. The summed E-state index contributed by atoms with van der Waals surface area (Å²) in [7, 11) is 0. The van der Waals surface area contributed by atoms with E-state index in [0.29, 0.717) is 10.7 Å². The van der Waals surface area contributed by atoms with Gasteiger partial charge in [0, 0.05) is 10.4 Å². The highest BCUT2D eigenvalue weighted by molar-refractivity contribution is 6.30. The number of aryl methyl sites for hydroxylation is 1. The summed E-state index contributed by atoms with van der Waals surface area (Å²) in [5.74, 6) is 0. The van der Waals surface area contributed by atoms with Crippen LogP contribution in [0.1, 0.15) is 37.7 Å². The van der Waals surface area contributed by atoms with E-state index in [1.165, 1.54) is 0 Å². The third-order valence-electron chi connectivity index (χ3n) is 2.89. The van der Waals surface area contributed by atoms with Crippen molar-refractivity contribution >= 4 is 11.6 Å². The molecule has 0 fully saturated rings. The number of rotatable bonds is 1. The Morgan fingerprint density at radius 1 is 1.32 bits per heavy atom. The van der Waals surface area contributed by atoms with Crippen LogP contribution in [-0.4, -0.2) is 15.0 Å². The lowest BCUT2D eigenvalue weighted by Gasteiger charge is -2.20. The van der Waals surface area contributed by atoms with Crippen LogP contribution >= 0.6 is 11.6 Å². The minimum absolute atomic E-state index is 0.233. The van der Waals surface area contributed by atoms with Gasteiger partial charge in [-0.1, -0.05) is 43.7 Å². The molecular weight excluding hydrogens is 260 g/mol. The molecule has 19 heavy (non-hydrogen) atoms. The molecule has 1 aromatic carbocycles. The lowest BCUT2D eigenvalue weighted by atomic mass is 9.90. The molecule has 0 saturated carbocycles. The summed E-state index contributed by atoms with van der Waals surface area (Å²) in [6.07, 6.45) is 0. The monoisotopic (exact) mass is 274 g/mol. The van der Waals surface area contributed by atoms with Gasteiger partial charge in [0.2, 0.25) is 0 Å². The van der Waals surface area contributed by atoms with E-state index in [4.69, 9.17) is 11.6 Å². The van der Waals surface area contributed by atoms with Gasteiger partial charge in [0.1, 0.15) is 6.07 Å². The molecule has 0 atom stereocenters. The first-order valence-electron chi connectivity index (χ1n) is 5.97. The molecule has 0 unspecified atom stereocenters. The van der Waals surface area contributed by atoms with E-state index >= 15 is 0 Å². The number of halogens is 1. The maximum absolute atomic E-state index is 9.17. The first-order chi connectivity index (χ1) is 8.84. The van der Waals surface area contributed by atoms with Crippen LogP contribution in [-0.2, 0) is 5.41 Å². The standard InChI is InChI=1S/C14H15ClN4/c1-9-5-6-10(15)7-12(9)19-13(14(2,3)4)11(8-16)17-18-19/h5-7H,1-4H3. The molecule has 0 N–H and O–H groups in total. The third-order valence-corrected chi connectivity index (χ3v) is 3.12. The Morgan fingerprint density at radius 3 is 2.58 bits per heavy atom. The van der Waals surface area contributed by atoms with Gasteiger partial charge >= 0.3 is 0 Å². The molecule has 2 rings (SSSR count). The minimum Gasteiger partial charge on any atom is -0.215 e. The van der Waals surface area contributed by atoms with Gasteiger partial charge in [-0.3, -0.25) is 0 Å². The van der Waals surface area contributed by atoms with Crippen molar-refractivity contribution in [3.05, 3.63) is 40.2 Å². The molecule has 0 bridgehead atoms. The van der Waals surface area contributed by atoms with Crippen LogP contribution in [0.2, 0.25) is 5.02 Å². The SMILES string of the molecule is Cc1ccc(Cl)cc1-n1nnc(C#N)c1C(C)(C)C. The van der Waals surface area contributed by atoms with Crippen molar-refractivity contribution in [3.8, 4) is 11.8 Å². The Balaban J connectivity index is 2.74. The predicted molar refractivity (Wildman–Crippen MR) is 74.5 cm³/mol. The van der Waals surface area contributed by atoms with Gasteiger partial charge < -0.3 is 0 Å². The van der Waals surface area contributed by atoms with E-state index in [9.17, 15) is 5.26 Å². The number of nitriles is 1. The topological polar surface area (TPSA) is 54.5 Å². The normalized spacial score (nSPS) is 11.4. The zero-order valence-electron chi connectivity index (χ0n) is 11.4. The van der Waals surface area contributed by atoms with Crippen LogP contribution in [0, 0.1) is 18.3 Å². The number of hydrogen-bond donors (Lipinski definition) is 0. The number of nitrogens with zero attached hydrogens (tertiary/aromatic N) is 4. The molecule has 1 aromatic heterocycles. The molecule has 4 nitrogen and oxygen atoms in total. The Labute approximate surface area is 117 Å². The van der Waals surface area contributed by atoms with Gasteiger partial charge in [0.15, 0.2) is 5.69 Å². The fourth-order valence-electron chi connectivity index (χ4n) is 2.01. The fourth-order valence-corrected chi connectivity index (χ4v) is 2.18. The first kappa shape index (κ1) is 13.6. The Hall–Kier alpha value is -1.86. The van der Waals surface area contributed by atoms with E-state index in [0.717, 1.165) is 16.9 Å². The minimum atomic E-state index is -0.233. The smallest absolute Gasteiger partial charge is 0.186 e. The molecule has 0 spiro atoms. The zero-order valence-corrected chi connectivity index (χ0v) is 12.2. The van der Waals surface area contributed by atoms with Crippen LogP contribution in [0.15, 0.2) is 18.2 Å². The van der Waals surface area contributed by atoms with Crippen molar-refractivity contribution in [1.29, 1.82) is 5.26 Å². The summed E-state index contributed by atoms with van der Waals surface area (Å²) in [5.41, 5.74) is 2.80. The largest absolute Gasteiger partial charge is 0.215 e. The number of aromatic nitrogens is 3. The zero-order chi connectivity index (χ0) is 14.2. The van der Waals surface area contributed by atoms with Gasteiger partial charge in [-0.2, -0.15) is 5.26 Å². The van der Waals surface area contributed by atoms with E-state index < -0.39 is 0 Å². The van der Waals surface area contributed by atoms with Gasteiger partial charge in [-0.25, -0.2) is 4.68 Å². The van der Waals surface area contributed by atoms with Gasteiger partial charge in [-0.15, -0.1) is 5.10 Å². The molecule has 2 aromatic rings. The second kappa shape index (κ2) is 4.67. The summed E-state index contributed by atoms with van der Waals surface area (Å²) in [6, 6.07) is 7.70. The molecule has 0 aliphatic carbocycles. The third kappa shape index (κ3) is 2.47. The second-order valence-electron chi connectivity index (χ2n) is 5.49. The van der Waals surface area contributed by atoms with Crippen molar-refractivity contribution in [2.45, 2.75) is 33.1 Å². The van der Waals surface area contributed by atoms with Crippen LogP contribution in [0.5, 0.6) is 0 Å². The van der Waals surface area contributed by atoms with Crippen LogP contribution in [0.4, 0.5) is 0 Å². The molecule has 0 aliphatic rings. The van der Waals surface area contributed by atoms with Crippen LogP contribution in [0.3, 0.4) is 0 Å². The first-order valence-corrected chi connectivity index (χ1v) is 6.35. The summed E-state index contributed by atoms with van der Waals surface area (Å²) < 4.78 is 1.71. The molecule has 0 aliphatic heterocycles. The molecule has 0 amide bonds. The van der Waals surface area contributed by atoms with Crippen molar-refractivity contribution < 1.29 is 0 Å². The number of hydrogen-bond acceptors (Lipinski definition) is 3. The van der Waals surface area contributed by atoms with E-state index in [-0.39, 0.29) is 5.41 Å². The highest BCUT2D eigenvalue weighted by Gasteiger charge is 2.26. The Bertz CT molecular complexity index is 659. The summed E-state index contributed by atoms with van der Waals surface area (Å²) >= 11 is 6.05. The summed E-state index contributed by atoms with van der Waals surface area (Å²) in [5, 5.41) is 17.9. The van der Waals surface area contributed by atoms with Crippen molar-refractivity contribution in [2.24, 2.45) is 0 Å². The Morgan fingerprint density at radius 2 is 2.00 bits per heavy atom. The average Bonchev–Trinajstić information content (AvgIpc) is 2.75. The summed E-state index contributed by atoms with van der Waals surface area (Å²) in [4.78, 5) is 0. The second-order valence-corrected chi connectivity index (χ2v) is 5.93. The van der Waals surface area contributed by atoms with Crippen molar-refractivity contribution in [3.63, 3.8) is 0 Å². The maximum Gasteiger partial charge on any atom is 0.186 e.